The third-order valence-electron chi connectivity index (χ3n) is 0. The van der Waals surface area contributed by atoms with E-state index in [0.717, 1.165) is 0 Å². The zero-order valence-electron chi connectivity index (χ0n) is 1.62. The first-order chi connectivity index (χ1) is 1.00. The Labute approximate surface area is 54.4 Å². The van der Waals surface area contributed by atoms with Gasteiger partial charge in [-0.1, -0.05) is 0 Å². The fourth-order valence-corrected chi connectivity index (χ4v) is 0. The summed E-state index contributed by atoms with van der Waals surface area (Å²) in [6, 6.07) is 0. The summed E-state index contributed by atoms with van der Waals surface area (Å²) >= 11 is 0.125. The van der Waals surface area contributed by atoms with Gasteiger partial charge in [0.25, 0.3) is 0 Å². The van der Waals surface area contributed by atoms with Crippen molar-refractivity contribution in [3.05, 3.63) is 0 Å². The normalized spacial score (nSPS) is 1.50. The molecule has 4 heavy (non-hydrogen) atoms. The second-order valence-corrected chi connectivity index (χ2v) is 0. The molecule has 1 nitrogen and oxygen atoms in total. The van der Waals surface area contributed by atoms with E-state index in [1.807, 2.05) is 0 Å². The minimum absolute atomic E-state index is 0. The van der Waals surface area contributed by atoms with Crippen molar-refractivity contribution in [3.8, 4) is 0 Å². The second-order valence-electron chi connectivity index (χ2n) is 0. The molecule has 0 N–H and O–H groups in total. The monoisotopic (exact) mass is 160 g/mol. The molecule has 0 aromatic rings. The summed E-state index contributed by atoms with van der Waals surface area (Å²) in [6.45, 7) is 0. The van der Waals surface area contributed by atoms with Crippen molar-refractivity contribution in [2.24, 2.45) is 0 Å². The van der Waals surface area contributed by atoms with Gasteiger partial charge in [-0.05, 0) is 11.0 Å². The largest absolute Gasteiger partial charge is 0.0149 e. The molecule has 20 valence electrons. The average molecular weight is 161 g/mol. The summed E-state index contributed by atoms with van der Waals surface area (Å²) in [5.41, 5.74) is 0. The van der Waals surface area contributed by atoms with Crippen LogP contribution in [0.15, 0.2) is 0 Å². The fraction of sp³-hybridized carbons (Fsp3) is 0. The van der Waals surface area contributed by atoms with Crippen LogP contribution in [0.4, 0.5) is 0 Å². The Morgan fingerprint density at radius 3 is 1.25 bits per heavy atom. The van der Waals surface area contributed by atoms with Gasteiger partial charge in [0.1, 0.15) is 0 Å². The predicted octanol–water partition coefficient (Wildman–Crippen LogP) is -1.58. The fourth-order valence-electron chi connectivity index (χ4n) is 0. The zero-order valence-corrected chi connectivity index (χ0v) is 6.14. The van der Waals surface area contributed by atoms with Crippen LogP contribution in [-0.2, 0) is 43.5 Å². The summed E-state index contributed by atoms with van der Waals surface area (Å²) in [6.07, 6.45) is 0. The molecule has 0 saturated heterocycles. The zero-order chi connectivity index (χ0) is 2.00. The Bertz CT molecular complexity index is 8.00. The molecular formula is H4OSiTiZn. The maximum atomic E-state index is 8.38. The van der Waals surface area contributed by atoms with Gasteiger partial charge in [0, 0.05) is 21.7 Å². The van der Waals surface area contributed by atoms with E-state index in [-0.39, 0.29) is 50.9 Å². The summed E-state index contributed by atoms with van der Waals surface area (Å²) in [5.74, 6) is 0. The van der Waals surface area contributed by atoms with Crippen LogP contribution in [0.3, 0.4) is 0 Å². The first kappa shape index (κ1) is 18.3. The molecule has 0 radical (unpaired) electrons. The molecule has 0 spiro atoms. The van der Waals surface area contributed by atoms with E-state index < -0.39 is 0 Å². The Balaban J connectivity index is -0.00000000500. The van der Waals surface area contributed by atoms with Gasteiger partial charge in [0.15, 0.2) is 0 Å². The van der Waals surface area contributed by atoms with E-state index >= 15 is 0 Å². The molecule has 0 amide bonds. The van der Waals surface area contributed by atoms with Crippen molar-refractivity contribution in [3.63, 3.8) is 0 Å². The van der Waals surface area contributed by atoms with Gasteiger partial charge in [-0.2, -0.15) is 0 Å². The van der Waals surface area contributed by atoms with Gasteiger partial charge in [0.05, 0.1) is 0 Å². The number of rotatable bonds is 0. The molecule has 0 atom stereocenters. The van der Waals surface area contributed by atoms with Gasteiger partial charge < -0.3 is 0 Å². The quantitative estimate of drug-likeness (QED) is 0.392. The Morgan fingerprint density at radius 2 is 1.25 bits per heavy atom. The summed E-state index contributed by atoms with van der Waals surface area (Å²) < 4.78 is 8.38. The van der Waals surface area contributed by atoms with E-state index in [0.29, 0.717) is 0 Å². The van der Waals surface area contributed by atoms with Crippen molar-refractivity contribution >= 4 is 11.0 Å². The topological polar surface area (TPSA) is 17.1 Å². The molecule has 0 heterocycles. The summed E-state index contributed by atoms with van der Waals surface area (Å²) in [4.78, 5) is 0. The molecular weight excluding hydrogens is 157 g/mol. The average Bonchev–Trinajstić information content (AvgIpc) is 1.00. The van der Waals surface area contributed by atoms with E-state index in [2.05, 4.69) is 0 Å². The van der Waals surface area contributed by atoms with Crippen LogP contribution in [0.25, 0.3) is 0 Å². The van der Waals surface area contributed by atoms with Crippen LogP contribution in [0.5, 0.6) is 0 Å². The Hall–Kier alpha value is 1.35. The molecule has 0 aliphatic carbocycles. The Kier molecular flexibility index (Phi) is 122. The van der Waals surface area contributed by atoms with Crippen molar-refractivity contribution in [1.29, 1.82) is 0 Å². The van der Waals surface area contributed by atoms with E-state index in [1.54, 1.807) is 0 Å². The minimum Gasteiger partial charge on any atom is -0.0149 e. The minimum atomic E-state index is 0. The first-order valence-electron chi connectivity index (χ1n) is 0.289. The van der Waals surface area contributed by atoms with Crippen LogP contribution in [0.1, 0.15) is 0 Å². The third-order valence-corrected chi connectivity index (χ3v) is 0. The van der Waals surface area contributed by atoms with Gasteiger partial charge in [0.2, 0.25) is 0 Å². The smallest absolute Gasteiger partial charge is 0 e. The van der Waals surface area contributed by atoms with Gasteiger partial charge >= 0.3 is 21.8 Å². The van der Waals surface area contributed by atoms with E-state index in [1.165, 1.54) is 0 Å². The molecule has 0 bridgehead atoms. The number of hydrogen-bond donors (Lipinski definition) is 0. The van der Waals surface area contributed by atoms with Crippen LogP contribution in [0.2, 0.25) is 0 Å². The van der Waals surface area contributed by atoms with Crippen LogP contribution in [-0.4, -0.2) is 11.0 Å². The molecule has 0 rings (SSSR count). The summed E-state index contributed by atoms with van der Waals surface area (Å²) in [5, 5.41) is 0. The first-order valence-corrected chi connectivity index (χ1v) is 1.50. The molecule has 0 aliphatic rings. The van der Waals surface area contributed by atoms with Crippen molar-refractivity contribution in [2.75, 3.05) is 0 Å². The molecule has 0 fully saturated rings. The molecule has 0 aromatic heterocycles. The number of hydrogen-bond acceptors (Lipinski definition) is 1. The predicted molar refractivity (Wildman–Crippen MR) is 12.0 cm³/mol. The molecule has 0 saturated carbocycles. The van der Waals surface area contributed by atoms with Crippen LogP contribution >= 0.6 is 0 Å². The van der Waals surface area contributed by atoms with E-state index in [4.69, 9.17) is 3.57 Å². The maximum absolute atomic E-state index is 8.38. The van der Waals surface area contributed by atoms with Crippen molar-refractivity contribution in [1.82, 2.24) is 0 Å². The van der Waals surface area contributed by atoms with Crippen LogP contribution in [0, 0.1) is 0 Å². The third kappa shape index (κ3) is 10.1. The SMILES string of the molecule is [O]=[Zn].[SiH4].[Ti]. The second kappa shape index (κ2) is 26.7. The van der Waals surface area contributed by atoms with Crippen LogP contribution < -0.4 is 0 Å². The standard InChI is InChI=1S/O.H4Si.Ti.Zn/h;1H4;;. The molecule has 4 heteroatoms. The van der Waals surface area contributed by atoms with Gasteiger partial charge in [-0.25, -0.2) is 0 Å². The van der Waals surface area contributed by atoms with E-state index in [9.17, 15) is 0 Å². The summed E-state index contributed by atoms with van der Waals surface area (Å²) in [7, 11) is 0. The van der Waals surface area contributed by atoms with Crippen molar-refractivity contribution < 1.29 is 43.5 Å². The molecule has 0 unspecified atom stereocenters. The van der Waals surface area contributed by atoms with Crippen molar-refractivity contribution in [2.45, 2.75) is 0 Å². The molecule has 0 aliphatic heterocycles. The van der Waals surface area contributed by atoms with Gasteiger partial charge in [-0.3, -0.25) is 0 Å². The Morgan fingerprint density at radius 1 is 1.25 bits per heavy atom. The van der Waals surface area contributed by atoms with Gasteiger partial charge in [-0.15, -0.1) is 0 Å². The molecule has 0 aromatic carbocycles. The maximum Gasteiger partial charge on any atom is 0 e.